The van der Waals surface area contributed by atoms with E-state index in [1.807, 2.05) is 0 Å². The molecule has 2 rings (SSSR count). The third kappa shape index (κ3) is 5.17. The van der Waals surface area contributed by atoms with Crippen molar-refractivity contribution in [3.63, 3.8) is 0 Å². The van der Waals surface area contributed by atoms with Gasteiger partial charge in [-0.15, -0.1) is 12.4 Å². The Morgan fingerprint density at radius 2 is 1.44 bits per heavy atom. The monoisotopic (exact) mass is 370 g/mol. The van der Waals surface area contributed by atoms with Crippen LogP contribution >= 0.6 is 12.4 Å². The first-order valence-electron chi connectivity index (χ1n) is 8.12. The molecule has 2 heterocycles. The highest BCUT2D eigenvalue weighted by Gasteiger charge is 2.15. The molecule has 0 radical (unpaired) electrons. The van der Waals surface area contributed by atoms with Crippen molar-refractivity contribution in [2.24, 2.45) is 0 Å². The molecule has 0 saturated heterocycles. The highest BCUT2D eigenvalue weighted by molar-refractivity contribution is 5.94. The van der Waals surface area contributed by atoms with Crippen LogP contribution in [0.15, 0.2) is 0 Å². The molecule has 5 N–H and O–H groups in total. The van der Waals surface area contributed by atoms with Gasteiger partial charge in [0.15, 0.2) is 11.6 Å². The summed E-state index contributed by atoms with van der Waals surface area (Å²) in [6, 6.07) is 0.262. The molecule has 0 aliphatic carbocycles. The Morgan fingerprint density at radius 3 is 1.92 bits per heavy atom. The maximum Gasteiger partial charge on any atom is 0.225 e. The predicted molar refractivity (Wildman–Crippen MR) is 105 cm³/mol. The molecule has 0 fully saturated rings. The first-order valence-corrected chi connectivity index (χ1v) is 8.12. The highest BCUT2D eigenvalue weighted by atomic mass is 35.5. The fourth-order valence-electron chi connectivity index (χ4n) is 2.07. The third-order valence-corrected chi connectivity index (χ3v) is 3.56. The lowest BCUT2D eigenvalue weighted by molar-refractivity contribution is 0.208. The first kappa shape index (κ1) is 20.9. The van der Waals surface area contributed by atoms with E-state index in [1.54, 1.807) is 21.0 Å². The van der Waals surface area contributed by atoms with E-state index in [9.17, 15) is 5.11 Å². The number of hydrogen-bond donors (Lipinski definition) is 5. The average Bonchev–Trinajstić information content (AvgIpc) is 2.58. The van der Waals surface area contributed by atoms with Gasteiger partial charge in [0.05, 0.1) is 6.10 Å². The number of aromatic nitrogens is 4. The van der Waals surface area contributed by atoms with Crippen molar-refractivity contribution >= 4 is 47.0 Å². The van der Waals surface area contributed by atoms with Crippen LogP contribution in [0.25, 0.3) is 11.0 Å². The molecule has 140 valence electrons. The van der Waals surface area contributed by atoms with Gasteiger partial charge in [-0.2, -0.15) is 9.97 Å². The van der Waals surface area contributed by atoms with Gasteiger partial charge in [-0.3, -0.25) is 0 Å². The zero-order valence-electron chi connectivity index (χ0n) is 15.2. The molecule has 0 spiro atoms. The van der Waals surface area contributed by atoms with Crippen LogP contribution < -0.4 is 21.3 Å². The number of anilines is 4. The van der Waals surface area contributed by atoms with Gasteiger partial charge in [-0.1, -0.05) is 6.92 Å². The van der Waals surface area contributed by atoms with Crippen LogP contribution in [-0.4, -0.2) is 57.8 Å². The number of fused-ring (bicyclic) bond motifs is 1. The second-order valence-electron chi connectivity index (χ2n) is 5.67. The number of aliphatic hydroxyl groups is 1. The zero-order chi connectivity index (χ0) is 17.7. The molecule has 2 atom stereocenters. The van der Waals surface area contributed by atoms with Gasteiger partial charge in [0.1, 0.15) is 11.0 Å². The van der Waals surface area contributed by atoms with Crippen LogP contribution in [0.2, 0.25) is 0 Å². The summed E-state index contributed by atoms with van der Waals surface area (Å²) in [6.45, 7) is 6.23. The van der Waals surface area contributed by atoms with Gasteiger partial charge in [0.25, 0.3) is 0 Å². The van der Waals surface area contributed by atoms with E-state index in [-0.39, 0.29) is 18.4 Å². The number of hydrogen-bond acceptors (Lipinski definition) is 9. The van der Waals surface area contributed by atoms with Gasteiger partial charge < -0.3 is 26.4 Å². The third-order valence-electron chi connectivity index (χ3n) is 3.56. The molecule has 25 heavy (non-hydrogen) atoms. The number of nitrogens with zero attached hydrogens (tertiary/aromatic N) is 4. The molecule has 9 nitrogen and oxygen atoms in total. The molecule has 0 bridgehead atoms. The number of aliphatic hydroxyl groups excluding tert-OH is 1. The molecule has 0 saturated carbocycles. The summed E-state index contributed by atoms with van der Waals surface area (Å²) in [4.78, 5) is 17.9. The van der Waals surface area contributed by atoms with Gasteiger partial charge >= 0.3 is 0 Å². The minimum Gasteiger partial charge on any atom is -0.392 e. The molecular weight excluding hydrogens is 344 g/mol. The summed E-state index contributed by atoms with van der Waals surface area (Å²) in [5.74, 6) is 2.16. The van der Waals surface area contributed by atoms with Crippen molar-refractivity contribution in [1.82, 2.24) is 19.9 Å². The molecule has 2 unspecified atom stereocenters. The fourth-order valence-corrected chi connectivity index (χ4v) is 2.07. The van der Waals surface area contributed by atoms with E-state index in [1.165, 1.54) is 0 Å². The summed E-state index contributed by atoms with van der Waals surface area (Å²) in [7, 11) is 3.57. The maximum atomic E-state index is 9.42. The second kappa shape index (κ2) is 9.38. The fraction of sp³-hybridized carbons (Fsp3) is 0.600. The molecular formula is C15H27ClN8O. The summed E-state index contributed by atoms with van der Waals surface area (Å²) in [6.07, 6.45) is 0.470. The van der Waals surface area contributed by atoms with Crippen molar-refractivity contribution in [2.45, 2.75) is 39.3 Å². The Bertz CT molecular complexity index is 697. The van der Waals surface area contributed by atoms with Crippen LogP contribution in [0, 0.1) is 0 Å². The topological polar surface area (TPSA) is 120 Å². The minimum absolute atomic E-state index is 0. The standard InChI is InChI=1S/C15H26N8O.ClH/c1-6-8(2)19-15-21-11-10(13(17-5)23-15)20-14(18-7-9(3)24)22-12(11)16-4;/h8-9,24H,6-7H2,1-5H3,(H2,16,18,20,22)(H2,17,19,21,23);1H. The molecule has 0 amide bonds. The first-order chi connectivity index (χ1) is 11.5. The van der Waals surface area contributed by atoms with Gasteiger partial charge in [0.2, 0.25) is 11.9 Å². The lowest BCUT2D eigenvalue weighted by atomic mass is 10.3. The summed E-state index contributed by atoms with van der Waals surface area (Å²) < 4.78 is 0. The van der Waals surface area contributed by atoms with Crippen LogP contribution in [-0.2, 0) is 0 Å². The zero-order valence-corrected chi connectivity index (χ0v) is 16.0. The largest absolute Gasteiger partial charge is 0.392 e. The van der Waals surface area contributed by atoms with Gasteiger partial charge in [-0.05, 0) is 20.3 Å². The normalized spacial score (nSPS) is 12.9. The molecule has 2 aromatic heterocycles. The van der Waals surface area contributed by atoms with Crippen LogP contribution in [0.4, 0.5) is 23.5 Å². The smallest absolute Gasteiger partial charge is 0.225 e. The van der Waals surface area contributed by atoms with Gasteiger partial charge in [0, 0.05) is 26.7 Å². The molecule has 0 aromatic carbocycles. The number of nitrogens with one attached hydrogen (secondary N) is 4. The van der Waals surface area contributed by atoms with Crippen molar-refractivity contribution in [3.8, 4) is 0 Å². The molecule has 10 heteroatoms. The maximum absolute atomic E-state index is 9.42. The Hall–Kier alpha value is -2.13. The van der Waals surface area contributed by atoms with Gasteiger partial charge in [-0.25, -0.2) is 9.97 Å². The molecule has 0 aliphatic heterocycles. The predicted octanol–water partition coefficient (Wildman–Crippen LogP) is 1.93. The minimum atomic E-state index is -0.496. The van der Waals surface area contributed by atoms with Crippen molar-refractivity contribution in [1.29, 1.82) is 0 Å². The highest BCUT2D eigenvalue weighted by Crippen LogP contribution is 2.26. The Morgan fingerprint density at radius 1 is 0.920 bits per heavy atom. The summed E-state index contributed by atoms with van der Waals surface area (Å²) in [5.41, 5.74) is 1.24. The summed E-state index contributed by atoms with van der Waals surface area (Å²) in [5, 5.41) is 21.8. The Kier molecular flexibility index (Phi) is 7.85. The average molecular weight is 371 g/mol. The Labute approximate surface area is 153 Å². The van der Waals surface area contributed by atoms with Crippen LogP contribution in [0.1, 0.15) is 27.2 Å². The quantitative estimate of drug-likeness (QED) is 0.474. The van der Waals surface area contributed by atoms with Crippen molar-refractivity contribution in [2.75, 3.05) is 41.9 Å². The number of halogens is 1. The van der Waals surface area contributed by atoms with Crippen molar-refractivity contribution in [3.05, 3.63) is 0 Å². The van der Waals surface area contributed by atoms with E-state index >= 15 is 0 Å². The van der Waals surface area contributed by atoms with E-state index in [0.717, 1.165) is 6.42 Å². The molecule has 2 aromatic rings. The molecule has 0 aliphatic rings. The Balaban J connectivity index is 0.00000312. The van der Waals surface area contributed by atoms with Crippen molar-refractivity contribution < 1.29 is 5.11 Å². The van der Waals surface area contributed by atoms with E-state index in [0.29, 0.717) is 41.1 Å². The lowest BCUT2D eigenvalue weighted by Crippen LogP contribution is -2.18. The van der Waals surface area contributed by atoms with E-state index in [4.69, 9.17) is 0 Å². The van der Waals surface area contributed by atoms with E-state index in [2.05, 4.69) is 55.1 Å². The van der Waals surface area contributed by atoms with E-state index < -0.39 is 6.10 Å². The number of rotatable bonds is 8. The summed E-state index contributed by atoms with van der Waals surface area (Å²) >= 11 is 0. The lowest BCUT2D eigenvalue weighted by Gasteiger charge is -2.15. The van der Waals surface area contributed by atoms with Crippen LogP contribution in [0.5, 0.6) is 0 Å². The SMILES string of the molecule is CCC(C)Nc1nc(NC)c2nc(NCC(C)O)nc(NC)c2n1.Cl. The van der Waals surface area contributed by atoms with Crippen LogP contribution in [0.3, 0.4) is 0 Å². The second-order valence-corrected chi connectivity index (χ2v) is 5.67.